The molecule has 4 unspecified atom stereocenters. The third-order valence-electron chi connectivity index (χ3n) is 8.04. The number of halogens is 1. The number of amides is 1. The molecule has 13 heteroatoms. The Bertz CT molecular complexity index is 1050. The highest BCUT2D eigenvalue weighted by Gasteiger charge is 2.55. The average molecular weight is 614 g/mol. The van der Waals surface area contributed by atoms with Crippen LogP contribution in [0.3, 0.4) is 0 Å². The topological polar surface area (TPSA) is 192 Å². The van der Waals surface area contributed by atoms with Crippen molar-refractivity contribution in [1.29, 1.82) is 0 Å². The standard InChI is InChI=1S/C22H30BrN3O3.C4H6O6/c23-19-8-15(21-14(20(19)24)2-1-5-29-21)22(27)25-9-16-17-11-26(12-18(16)17)10-13-3-6-28-7-4-13;5-1(3(7)8)2(6)4(9)10/h8,13,16-18H,1-7,9-12,24H2,(H,25,27);1-2,5-6H,(H,7,8)(H,9,10). The number of nitrogens with one attached hydrogen (secondary N) is 1. The van der Waals surface area contributed by atoms with Crippen LogP contribution in [-0.2, 0) is 20.7 Å². The first-order valence-electron chi connectivity index (χ1n) is 13.2. The summed E-state index contributed by atoms with van der Waals surface area (Å²) in [6.07, 6.45) is -0.333. The number of anilines is 1. The van der Waals surface area contributed by atoms with Crippen LogP contribution in [0.1, 0.15) is 35.2 Å². The number of nitrogens with two attached hydrogens (primary N) is 1. The van der Waals surface area contributed by atoms with Gasteiger partial charge in [-0.3, -0.25) is 4.79 Å². The summed E-state index contributed by atoms with van der Waals surface area (Å²) in [5, 5.41) is 35.7. The summed E-state index contributed by atoms with van der Waals surface area (Å²) in [5.74, 6) is 0.0103. The number of ether oxygens (including phenoxy) is 2. The van der Waals surface area contributed by atoms with Gasteiger partial charge in [-0.2, -0.15) is 0 Å². The van der Waals surface area contributed by atoms with E-state index in [2.05, 4.69) is 26.1 Å². The molecule has 1 amide bonds. The maximum absolute atomic E-state index is 12.9. The molecule has 216 valence electrons. The third kappa shape index (κ3) is 7.01. The molecule has 0 aromatic heterocycles. The van der Waals surface area contributed by atoms with E-state index in [-0.39, 0.29) is 5.91 Å². The summed E-state index contributed by atoms with van der Waals surface area (Å²) in [5.41, 5.74) is 8.43. The van der Waals surface area contributed by atoms with E-state index in [1.165, 1.54) is 32.5 Å². The second kappa shape index (κ2) is 12.8. The number of aliphatic hydroxyl groups is 2. The molecule has 1 aliphatic carbocycles. The van der Waals surface area contributed by atoms with Crippen LogP contribution >= 0.6 is 15.9 Å². The van der Waals surface area contributed by atoms with Crippen molar-refractivity contribution in [3.05, 3.63) is 21.7 Å². The molecule has 1 aromatic rings. The summed E-state index contributed by atoms with van der Waals surface area (Å²) in [6, 6.07) is 1.80. The quantitative estimate of drug-likeness (QED) is 0.224. The molecule has 3 aliphatic heterocycles. The van der Waals surface area contributed by atoms with Gasteiger partial charge >= 0.3 is 11.9 Å². The Kier molecular flexibility index (Phi) is 9.70. The Hall–Kier alpha value is -2.45. The van der Waals surface area contributed by atoms with Crippen LogP contribution in [0.15, 0.2) is 10.5 Å². The van der Waals surface area contributed by atoms with Gasteiger partial charge in [-0.05, 0) is 71.4 Å². The van der Waals surface area contributed by atoms with Gasteiger partial charge in [0.1, 0.15) is 5.75 Å². The lowest BCUT2D eigenvalue weighted by Crippen LogP contribution is -2.39. The number of piperidine rings is 1. The van der Waals surface area contributed by atoms with Crippen molar-refractivity contribution in [1.82, 2.24) is 10.2 Å². The summed E-state index contributed by atoms with van der Waals surface area (Å²) >= 11 is 3.50. The molecule has 3 fully saturated rings. The van der Waals surface area contributed by atoms with E-state index in [0.717, 1.165) is 60.4 Å². The molecule has 7 N–H and O–H groups in total. The Labute approximate surface area is 234 Å². The molecule has 1 saturated carbocycles. The second-order valence-electron chi connectivity index (χ2n) is 10.6. The normalized spacial score (nSPS) is 25.7. The fourth-order valence-corrected chi connectivity index (χ4v) is 6.23. The number of nitrogen functional groups attached to an aromatic ring is 1. The molecule has 12 nitrogen and oxygen atoms in total. The zero-order chi connectivity index (χ0) is 28.3. The molecule has 3 heterocycles. The molecular weight excluding hydrogens is 578 g/mol. The maximum Gasteiger partial charge on any atom is 0.335 e. The monoisotopic (exact) mass is 613 g/mol. The van der Waals surface area contributed by atoms with E-state index in [1.54, 1.807) is 6.07 Å². The number of likely N-dealkylation sites (tertiary alicyclic amines) is 1. The zero-order valence-electron chi connectivity index (χ0n) is 21.6. The fourth-order valence-electron chi connectivity index (χ4n) is 5.76. The number of aliphatic hydroxyl groups excluding tert-OH is 2. The molecule has 4 atom stereocenters. The van der Waals surface area contributed by atoms with E-state index in [0.29, 0.717) is 29.5 Å². The second-order valence-corrected chi connectivity index (χ2v) is 11.5. The molecule has 4 aliphatic rings. The Balaban J connectivity index is 0.000000303. The van der Waals surface area contributed by atoms with Gasteiger partial charge in [0.05, 0.1) is 17.9 Å². The van der Waals surface area contributed by atoms with Crippen molar-refractivity contribution >= 4 is 39.5 Å². The van der Waals surface area contributed by atoms with Crippen molar-refractivity contribution in [3.63, 3.8) is 0 Å². The highest BCUT2D eigenvalue weighted by molar-refractivity contribution is 9.10. The lowest BCUT2D eigenvalue weighted by Gasteiger charge is -2.28. The highest BCUT2D eigenvalue weighted by Crippen LogP contribution is 2.51. The molecule has 0 spiro atoms. The predicted molar refractivity (Wildman–Crippen MR) is 142 cm³/mol. The van der Waals surface area contributed by atoms with Gasteiger partial charge in [-0.25, -0.2) is 9.59 Å². The molecule has 2 saturated heterocycles. The van der Waals surface area contributed by atoms with Crippen LogP contribution in [0.2, 0.25) is 0 Å². The SMILES string of the molecule is Nc1c(Br)cc(C(=O)NCC2C3CN(CC4CCOCC4)CC23)c2c1CCCO2.O=C(O)C(O)C(O)C(=O)O. The van der Waals surface area contributed by atoms with Crippen molar-refractivity contribution in [2.24, 2.45) is 23.7 Å². The van der Waals surface area contributed by atoms with Gasteiger partial charge in [0.15, 0.2) is 12.2 Å². The minimum atomic E-state index is -2.27. The number of carboxylic acids is 2. The minimum Gasteiger partial charge on any atom is -0.492 e. The van der Waals surface area contributed by atoms with Gasteiger partial charge in [-0.15, -0.1) is 0 Å². The number of rotatable bonds is 8. The number of hydrogen-bond acceptors (Lipinski definition) is 9. The van der Waals surface area contributed by atoms with Gasteiger partial charge in [0, 0.05) is 49.4 Å². The van der Waals surface area contributed by atoms with Crippen molar-refractivity contribution in [2.75, 3.05) is 51.7 Å². The average Bonchev–Trinajstić information content (AvgIpc) is 3.39. The van der Waals surface area contributed by atoms with Gasteiger partial charge in [-0.1, -0.05) is 0 Å². The minimum absolute atomic E-state index is 0.0483. The van der Waals surface area contributed by atoms with Crippen LogP contribution in [0, 0.1) is 23.7 Å². The number of hydrogen-bond donors (Lipinski definition) is 6. The molecule has 1 aromatic carbocycles. The number of benzene rings is 1. The maximum atomic E-state index is 12.9. The van der Waals surface area contributed by atoms with Gasteiger partial charge < -0.3 is 45.9 Å². The van der Waals surface area contributed by atoms with E-state index in [4.69, 9.17) is 35.6 Å². The van der Waals surface area contributed by atoms with E-state index in [9.17, 15) is 14.4 Å². The smallest absolute Gasteiger partial charge is 0.335 e. The van der Waals surface area contributed by atoms with E-state index in [1.807, 2.05) is 0 Å². The summed E-state index contributed by atoms with van der Waals surface area (Å²) in [6.45, 7) is 6.85. The van der Waals surface area contributed by atoms with Gasteiger partial charge in [0.2, 0.25) is 0 Å². The van der Waals surface area contributed by atoms with Crippen molar-refractivity contribution < 1.29 is 44.3 Å². The van der Waals surface area contributed by atoms with E-state index < -0.39 is 24.1 Å². The molecular formula is C26H36BrN3O9. The lowest BCUT2D eigenvalue weighted by molar-refractivity contribution is -0.165. The van der Waals surface area contributed by atoms with Crippen LogP contribution in [0.25, 0.3) is 0 Å². The summed E-state index contributed by atoms with van der Waals surface area (Å²) < 4.78 is 12.1. The Morgan fingerprint density at radius 1 is 1.08 bits per heavy atom. The first-order valence-corrected chi connectivity index (χ1v) is 14.0. The van der Waals surface area contributed by atoms with Crippen LogP contribution < -0.4 is 15.8 Å². The Morgan fingerprint density at radius 3 is 2.28 bits per heavy atom. The Morgan fingerprint density at radius 2 is 1.69 bits per heavy atom. The van der Waals surface area contributed by atoms with E-state index >= 15 is 0 Å². The van der Waals surface area contributed by atoms with Crippen LogP contribution in [-0.4, -0.2) is 101 Å². The number of carboxylic acid groups (broad SMARTS) is 2. The predicted octanol–water partition coefficient (Wildman–Crippen LogP) is 0.568. The fraction of sp³-hybridized carbons (Fsp3) is 0.654. The number of fused-ring (bicyclic) bond motifs is 2. The van der Waals surface area contributed by atoms with Crippen LogP contribution in [0.5, 0.6) is 5.75 Å². The number of carbonyl (C=O) groups excluding carboxylic acids is 1. The zero-order valence-corrected chi connectivity index (χ0v) is 23.1. The summed E-state index contributed by atoms with van der Waals surface area (Å²) in [4.78, 5) is 35.1. The van der Waals surface area contributed by atoms with Crippen molar-refractivity contribution in [3.8, 4) is 5.75 Å². The molecule has 5 rings (SSSR count). The molecule has 0 radical (unpaired) electrons. The largest absolute Gasteiger partial charge is 0.492 e. The lowest BCUT2D eigenvalue weighted by atomic mass is 9.99. The van der Waals surface area contributed by atoms with Gasteiger partial charge in [0.25, 0.3) is 5.91 Å². The summed E-state index contributed by atoms with van der Waals surface area (Å²) in [7, 11) is 0. The molecule has 0 bridgehead atoms. The number of aliphatic carboxylic acids is 2. The van der Waals surface area contributed by atoms with Crippen molar-refractivity contribution in [2.45, 2.75) is 37.9 Å². The van der Waals surface area contributed by atoms with Crippen LogP contribution in [0.4, 0.5) is 5.69 Å². The highest BCUT2D eigenvalue weighted by atomic mass is 79.9. The molecule has 39 heavy (non-hydrogen) atoms. The first-order chi connectivity index (χ1) is 18.6. The third-order valence-corrected chi connectivity index (χ3v) is 8.70. The number of nitrogens with zero attached hydrogens (tertiary/aromatic N) is 1. The first kappa shape index (κ1) is 29.5. The number of carbonyl (C=O) groups is 3.